The van der Waals surface area contributed by atoms with Gasteiger partial charge in [0, 0.05) is 24.7 Å². The van der Waals surface area contributed by atoms with E-state index in [0.717, 1.165) is 12.8 Å². The molecule has 4 rings (SSSR count). The zero-order valence-electron chi connectivity index (χ0n) is 15.3. The number of amides is 1. The summed E-state index contributed by atoms with van der Waals surface area (Å²) in [7, 11) is -3.46. The second-order valence-electron chi connectivity index (χ2n) is 7.33. The summed E-state index contributed by atoms with van der Waals surface area (Å²) in [5, 5.41) is 7.22. The number of sulfonamides is 1. The number of carbonyl (C=O) groups is 1. The van der Waals surface area contributed by atoms with Crippen LogP contribution in [0.4, 0.5) is 5.82 Å². The highest BCUT2D eigenvalue weighted by Gasteiger charge is 2.31. The van der Waals surface area contributed by atoms with Gasteiger partial charge in [-0.1, -0.05) is 0 Å². The van der Waals surface area contributed by atoms with E-state index >= 15 is 0 Å². The van der Waals surface area contributed by atoms with E-state index in [1.54, 1.807) is 24.4 Å². The maximum absolute atomic E-state index is 12.6. The quantitative estimate of drug-likeness (QED) is 0.825. The molecular formula is C19H24N4O3S. The van der Waals surface area contributed by atoms with Gasteiger partial charge in [0.1, 0.15) is 5.82 Å². The Morgan fingerprint density at radius 2 is 1.81 bits per heavy atom. The molecule has 144 valence electrons. The normalized spacial score (nSPS) is 19.1. The molecule has 2 aromatic rings. The summed E-state index contributed by atoms with van der Waals surface area (Å²) < 4.78 is 28.5. The van der Waals surface area contributed by atoms with Crippen LogP contribution in [-0.4, -0.2) is 41.5 Å². The molecule has 0 unspecified atom stereocenters. The summed E-state index contributed by atoms with van der Waals surface area (Å²) >= 11 is 0. The fraction of sp³-hybridized carbons (Fsp3) is 0.474. The molecule has 0 spiro atoms. The summed E-state index contributed by atoms with van der Waals surface area (Å²) in [6, 6.07) is 8.16. The van der Waals surface area contributed by atoms with Crippen LogP contribution < -0.4 is 5.32 Å². The van der Waals surface area contributed by atoms with Gasteiger partial charge < -0.3 is 5.32 Å². The van der Waals surface area contributed by atoms with Crippen LogP contribution in [0.2, 0.25) is 0 Å². The Kier molecular flexibility index (Phi) is 4.77. The minimum atomic E-state index is -3.46. The van der Waals surface area contributed by atoms with Crippen molar-refractivity contribution in [3.63, 3.8) is 0 Å². The van der Waals surface area contributed by atoms with Crippen LogP contribution in [0.1, 0.15) is 49.0 Å². The fourth-order valence-corrected chi connectivity index (χ4v) is 5.08. The number of benzene rings is 1. The topological polar surface area (TPSA) is 84.3 Å². The molecule has 1 saturated carbocycles. The van der Waals surface area contributed by atoms with E-state index in [-0.39, 0.29) is 16.8 Å². The average molecular weight is 388 g/mol. The molecule has 1 N–H and O–H groups in total. The van der Waals surface area contributed by atoms with E-state index in [1.165, 1.54) is 29.3 Å². The molecule has 1 atom stereocenters. The largest absolute Gasteiger partial charge is 0.307 e. The number of carbonyl (C=O) groups excluding carboxylic acids is 1. The van der Waals surface area contributed by atoms with Crippen molar-refractivity contribution in [2.75, 3.05) is 18.4 Å². The molecular weight excluding hydrogens is 364 g/mol. The number of rotatable bonds is 6. The summed E-state index contributed by atoms with van der Waals surface area (Å²) in [4.78, 5) is 12.8. The first-order valence-corrected chi connectivity index (χ1v) is 10.9. The first kappa shape index (κ1) is 18.2. The lowest BCUT2D eigenvalue weighted by molar-refractivity contribution is 0.102. The van der Waals surface area contributed by atoms with Crippen molar-refractivity contribution in [1.82, 2.24) is 14.1 Å². The molecule has 2 fully saturated rings. The molecule has 27 heavy (non-hydrogen) atoms. The van der Waals surface area contributed by atoms with Gasteiger partial charge in [-0.2, -0.15) is 9.40 Å². The number of nitrogens with zero attached hydrogens (tertiary/aromatic N) is 3. The van der Waals surface area contributed by atoms with Crippen LogP contribution >= 0.6 is 0 Å². The van der Waals surface area contributed by atoms with Crippen LogP contribution in [0.5, 0.6) is 0 Å². The maximum atomic E-state index is 12.6. The van der Waals surface area contributed by atoms with Crippen LogP contribution in [-0.2, 0) is 10.0 Å². The predicted octanol–water partition coefficient (Wildman–Crippen LogP) is 2.89. The highest BCUT2D eigenvalue weighted by atomic mass is 32.2. The molecule has 1 aromatic carbocycles. The molecule has 1 aliphatic heterocycles. The van der Waals surface area contributed by atoms with Crippen molar-refractivity contribution in [3.8, 4) is 0 Å². The first-order valence-electron chi connectivity index (χ1n) is 9.42. The minimum Gasteiger partial charge on any atom is -0.307 e. The zero-order valence-corrected chi connectivity index (χ0v) is 16.2. The Morgan fingerprint density at radius 3 is 2.44 bits per heavy atom. The summed E-state index contributed by atoms with van der Waals surface area (Å²) in [5.74, 6) is 1.01. The lowest BCUT2D eigenvalue weighted by atomic mass is 10.2. The Labute approximate surface area is 159 Å². The maximum Gasteiger partial charge on any atom is 0.256 e. The van der Waals surface area contributed by atoms with E-state index in [4.69, 9.17) is 0 Å². The van der Waals surface area contributed by atoms with Gasteiger partial charge in [-0.15, -0.1) is 0 Å². The van der Waals surface area contributed by atoms with Crippen LogP contribution in [0, 0.1) is 5.92 Å². The lowest BCUT2D eigenvalue weighted by Crippen LogP contribution is -2.27. The summed E-state index contributed by atoms with van der Waals surface area (Å²) in [5.41, 5.74) is 0.419. The third-order valence-corrected chi connectivity index (χ3v) is 7.33. The second-order valence-corrected chi connectivity index (χ2v) is 9.27. The van der Waals surface area contributed by atoms with Crippen molar-refractivity contribution in [1.29, 1.82) is 0 Å². The van der Waals surface area contributed by atoms with Crippen LogP contribution in [0.25, 0.3) is 0 Å². The monoisotopic (exact) mass is 388 g/mol. The van der Waals surface area contributed by atoms with E-state index in [9.17, 15) is 13.2 Å². The number of anilines is 1. The molecule has 1 amide bonds. The fourth-order valence-electron chi connectivity index (χ4n) is 3.56. The smallest absolute Gasteiger partial charge is 0.256 e. The third-order valence-electron chi connectivity index (χ3n) is 5.42. The van der Waals surface area contributed by atoms with E-state index in [2.05, 4.69) is 17.3 Å². The number of hydrogen-bond donors (Lipinski definition) is 1. The number of hydrogen-bond acceptors (Lipinski definition) is 4. The molecule has 2 heterocycles. The zero-order chi connectivity index (χ0) is 19.0. The Bertz CT molecular complexity index is 926. The van der Waals surface area contributed by atoms with E-state index < -0.39 is 10.0 Å². The lowest BCUT2D eigenvalue weighted by Gasteiger charge is -2.16. The predicted molar refractivity (Wildman–Crippen MR) is 102 cm³/mol. The molecule has 1 aliphatic carbocycles. The SMILES string of the molecule is C[C@@H](C1CC1)n1nccc1NC(=O)c1ccc(S(=O)(=O)N2CCCC2)cc1. The molecule has 0 radical (unpaired) electrons. The van der Waals surface area contributed by atoms with Gasteiger partial charge in [-0.25, -0.2) is 13.1 Å². The van der Waals surface area contributed by atoms with Crippen molar-refractivity contribution < 1.29 is 13.2 Å². The second kappa shape index (κ2) is 7.09. The van der Waals surface area contributed by atoms with Crippen LogP contribution in [0.15, 0.2) is 41.4 Å². The van der Waals surface area contributed by atoms with Gasteiger partial charge in [0.05, 0.1) is 17.1 Å². The molecule has 2 aliphatic rings. The minimum absolute atomic E-state index is 0.230. The Hall–Kier alpha value is -2.19. The highest BCUT2D eigenvalue weighted by molar-refractivity contribution is 7.89. The summed E-state index contributed by atoms with van der Waals surface area (Å²) in [6.07, 6.45) is 5.86. The first-order chi connectivity index (χ1) is 13.0. The van der Waals surface area contributed by atoms with Gasteiger partial charge in [0.25, 0.3) is 5.91 Å². The van der Waals surface area contributed by atoms with Gasteiger partial charge in [-0.3, -0.25) is 4.79 Å². The number of aromatic nitrogens is 2. The van der Waals surface area contributed by atoms with Crippen molar-refractivity contribution in [2.45, 2.75) is 43.5 Å². The highest BCUT2D eigenvalue weighted by Crippen LogP contribution is 2.40. The summed E-state index contributed by atoms with van der Waals surface area (Å²) in [6.45, 7) is 3.24. The Balaban J connectivity index is 1.48. The van der Waals surface area contributed by atoms with Gasteiger partial charge in [-0.05, 0) is 62.8 Å². The standard InChI is InChI=1S/C19H24N4O3S/c1-14(15-4-5-15)23-18(10-11-20-23)21-19(24)16-6-8-17(9-7-16)27(25,26)22-12-2-3-13-22/h6-11,14-15H,2-5,12-13H2,1H3,(H,21,24)/t14-/m0/s1. The van der Waals surface area contributed by atoms with Crippen molar-refractivity contribution >= 4 is 21.7 Å². The third kappa shape index (κ3) is 3.64. The van der Waals surface area contributed by atoms with E-state index in [1.807, 2.05) is 4.68 Å². The Morgan fingerprint density at radius 1 is 1.15 bits per heavy atom. The van der Waals surface area contributed by atoms with E-state index in [0.29, 0.717) is 30.4 Å². The van der Waals surface area contributed by atoms with Crippen molar-refractivity contribution in [3.05, 3.63) is 42.1 Å². The molecule has 1 aromatic heterocycles. The van der Waals surface area contributed by atoms with Gasteiger partial charge >= 0.3 is 0 Å². The van der Waals surface area contributed by atoms with Crippen molar-refractivity contribution in [2.24, 2.45) is 5.92 Å². The molecule has 7 nitrogen and oxygen atoms in total. The van der Waals surface area contributed by atoms with Gasteiger partial charge in [0.2, 0.25) is 10.0 Å². The molecule has 8 heteroatoms. The molecule has 0 bridgehead atoms. The number of nitrogens with one attached hydrogen (secondary N) is 1. The molecule has 1 saturated heterocycles. The van der Waals surface area contributed by atoms with Crippen LogP contribution in [0.3, 0.4) is 0 Å². The average Bonchev–Trinajstić information content (AvgIpc) is 3.16. The van der Waals surface area contributed by atoms with Gasteiger partial charge in [0.15, 0.2) is 0 Å².